The molecular formula is C16H20N2O2S. The second-order valence-electron chi connectivity index (χ2n) is 4.73. The fourth-order valence-corrected chi connectivity index (χ4v) is 2.46. The smallest absolute Gasteiger partial charge is 0.223 e. The molecule has 0 aliphatic rings. The second-order valence-corrected chi connectivity index (χ2v) is 5.79. The molecule has 0 radical (unpaired) electrons. The highest BCUT2D eigenvalue weighted by molar-refractivity contribution is 7.09. The molecule has 1 aromatic heterocycles. The van der Waals surface area contributed by atoms with E-state index in [4.69, 9.17) is 4.74 Å². The maximum absolute atomic E-state index is 11.7. The lowest BCUT2D eigenvalue weighted by Gasteiger charge is -2.07. The van der Waals surface area contributed by atoms with Crippen molar-refractivity contribution >= 4 is 17.2 Å². The van der Waals surface area contributed by atoms with Crippen LogP contribution in [0.4, 0.5) is 0 Å². The summed E-state index contributed by atoms with van der Waals surface area (Å²) < 4.78 is 5.56. The molecule has 2 aromatic rings. The van der Waals surface area contributed by atoms with Gasteiger partial charge in [0.15, 0.2) is 0 Å². The van der Waals surface area contributed by atoms with E-state index in [9.17, 15) is 4.79 Å². The van der Waals surface area contributed by atoms with Crippen LogP contribution in [0.2, 0.25) is 0 Å². The Balaban J connectivity index is 1.66. The maximum Gasteiger partial charge on any atom is 0.223 e. The number of rotatable bonds is 7. The number of hydrogen-bond acceptors (Lipinski definition) is 4. The molecule has 1 N–H and O–H groups in total. The summed E-state index contributed by atoms with van der Waals surface area (Å²) in [5.41, 5.74) is 2.18. The first-order valence-corrected chi connectivity index (χ1v) is 7.94. The van der Waals surface area contributed by atoms with Crippen LogP contribution in [0.25, 0.3) is 0 Å². The first kappa shape index (κ1) is 15.5. The van der Waals surface area contributed by atoms with Gasteiger partial charge in [0, 0.05) is 5.38 Å². The Morgan fingerprint density at radius 1 is 1.33 bits per heavy atom. The fraction of sp³-hybridized carbons (Fsp3) is 0.375. The molecule has 0 aliphatic carbocycles. The van der Waals surface area contributed by atoms with Crippen LogP contribution >= 0.6 is 11.3 Å². The van der Waals surface area contributed by atoms with Crippen molar-refractivity contribution in [3.63, 3.8) is 0 Å². The molecule has 0 unspecified atom stereocenters. The van der Waals surface area contributed by atoms with E-state index in [1.54, 1.807) is 11.3 Å². The molecule has 0 atom stereocenters. The van der Waals surface area contributed by atoms with Crippen LogP contribution in [0, 0.1) is 6.92 Å². The SMILES string of the molecule is CCc1ccc(OCCC(=O)NCc2csc(C)n2)cc1. The number of carbonyl (C=O) groups is 1. The molecule has 4 nitrogen and oxygen atoms in total. The number of hydrogen-bond donors (Lipinski definition) is 1. The number of nitrogens with one attached hydrogen (secondary N) is 1. The largest absolute Gasteiger partial charge is 0.493 e. The van der Waals surface area contributed by atoms with Crippen LogP contribution in [0.3, 0.4) is 0 Å². The molecule has 5 heteroatoms. The molecule has 112 valence electrons. The van der Waals surface area contributed by atoms with E-state index in [0.717, 1.165) is 22.9 Å². The minimum atomic E-state index is -0.0224. The van der Waals surface area contributed by atoms with E-state index in [-0.39, 0.29) is 5.91 Å². The number of aromatic nitrogens is 1. The van der Waals surface area contributed by atoms with Gasteiger partial charge in [-0.3, -0.25) is 4.79 Å². The third kappa shape index (κ3) is 5.19. The Bertz CT molecular complexity index is 578. The van der Waals surface area contributed by atoms with Crippen LogP contribution in [-0.4, -0.2) is 17.5 Å². The number of nitrogens with zero attached hydrogens (tertiary/aromatic N) is 1. The number of benzene rings is 1. The number of thiazole rings is 1. The quantitative estimate of drug-likeness (QED) is 0.855. The molecule has 1 amide bonds. The summed E-state index contributed by atoms with van der Waals surface area (Å²) in [6, 6.07) is 7.96. The molecule has 1 aromatic carbocycles. The van der Waals surface area contributed by atoms with Crippen molar-refractivity contribution < 1.29 is 9.53 Å². The highest BCUT2D eigenvalue weighted by Gasteiger charge is 2.04. The fourth-order valence-electron chi connectivity index (χ4n) is 1.85. The molecule has 0 bridgehead atoms. The van der Waals surface area contributed by atoms with Crippen LogP contribution in [0.15, 0.2) is 29.6 Å². The van der Waals surface area contributed by atoms with Gasteiger partial charge in [-0.05, 0) is 31.0 Å². The number of ether oxygens (including phenoxy) is 1. The van der Waals surface area contributed by atoms with E-state index >= 15 is 0 Å². The topological polar surface area (TPSA) is 51.2 Å². The molecule has 21 heavy (non-hydrogen) atoms. The van der Waals surface area contributed by atoms with Crippen LogP contribution in [0.5, 0.6) is 5.75 Å². The Kier molecular flexibility index (Phi) is 5.75. The van der Waals surface area contributed by atoms with Crippen molar-refractivity contribution in [2.75, 3.05) is 6.61 Å². The predicted molar refractivity (Wildman–Crippen MR) is 84.6 cm³/mol. The van der Waals surface area contributed by atoms with Gasteiger partial charge in [0.25, 0.3) is 0 Å². The van der Waals surface area contributed by atoms with Crippen molar-refractivity contribution in [1.29, 1.82) is 0 Å². The average molecular weight is 304 g/mol. The van der Waals surface area contributed by atoms with Crippen molar-refractivity contribution in [3.05, 3.63) is 45.9 Å². The summed E-state index contributed by atoms with van der Waals surface area (Å²) in [5, 5.41) is 5.81. The molecule has 2 rings (SSSR count). The molecule has 0 fully saturated rings. The molecule has 0 spiro atoms. The first-order valence-electron chi connectivity index (χ1n) is 7.07. The Hall–Kier alpha value is -1.88. The molecule has 0 aliphatic heterocycles. The zero-order valence-electron chi connectivity index (χ0n) is 12.4. The van der Waals surface area contributed by atoms with Crippen molar-refractivity contribution in [3.8, 4) is 5.75 Å². The summed E-state index contributed by atoms with van der Waals surface area (Å²) in [7, 11) is 0. The highest BCUT2D eigenvalue weighted by Crippen LogP contribution is 2.12. The molecule has 0 saturated heterocycles. The monoisotopic (exact) mass is 304 g/mol. The standard InChI is InChI=1S/C16H20N2O2S/c1-3-13-4-6-15(7-5-13)20-9-8-16(19)17-10-14-11-21-12(2)18-14/h4-7,11H,3,8-10H2,1-2H3,(H,17,19). The maximum atomic E-state index is 11.7. The van der Waals surface area contributed by atoms with Gasteiger partial charge in [0.2, 0.25) is 5.91 Å². The minimum Gasteiger partial charge on any atom is -0.493 e. The Labute approximate surface area is 129 Å². The van der Waals surface area contributed by atoms with Gasteiger partial charge in [0.1, 0.15) is 5.75 Å². The number of amides is 1. The molecule has 1 heterocycles. The van der Waals surface area contributed by atoms with Gasteiger partial charge in [-0.15, -0.1) is 11.3 Å². The zero-order chi connectivity index (χ0) is 15.1. The van der Waals surface area contributed by atoms with Crippen molar-refractivity contribution in [1.82, 2.24) is 10.3 Å². The lowest BCUT2D eigenvalue weighted by Crippen LogP contribution is -2.24. The number of aryl methyl sites for hydroxylation is 2. The van der Waals surface area contributed by atoms with Gasteiger partial charge in [-0.2, -0.15) is 0 Å². The van der Waals surface area contributed by atoms with E-state index in [1.165, 1.54) is 5.56 Å². The van der Waals surface area contributed by atoms with Crippen LogP contribution in [-0.2, 0) is 17.8 Å². The number of carbonyl (C=O) groups excluding carboxylic acids is 1. The van der Waals surface area contributed by atoms with E-state index in [2.05, 4.69) is 17.2 Å². The van der Waals surface area contributed by atoms with E-state index in [1.807, 2.05) is 36.6 Å². The summed E-state index contributed by atoms with van der Waals surface area (Å²) in [6.07, 6.45) is 1.36. The normalized spacial score (nSPS) is 10.4. The third-order valence-corrected chi connectivity index (χ3v) is 3.89. The van der Waals surface area contributed by atoms with Crippen molar-refractivity contribution in [2.45, 2.75) is 33.2 Å². The first-order chi connectivity index (χ1) is 10.2. The average Bonchev–Trinajstić information content (AvgIpc) is 2.91. The molecule has 0 saturated carbocycles. The summed E-state index contributed by atoms with van der Waals surface area (Å²) in [5.74, 6) is 0.779. The second kappa shape index (κ2) is 7.78. The minimum absolute atomic E-state index is 0.0224. The van der Waals surface area contributed by atoms with Gasteiger partial charge in [0.05, 0.1) is 30.3 Å². The van der Waals surface area contributed by atoms with E-state index < -0.39 is 0 Å². The van der Waals surface area contributed by atoms with Gasteiger partial charge < -0.3 is 10.1 Å². The van der Waals surface area contributed by atoms with Gasteiger partial charge in [-0.1, -0.05) is 19.1 Å². The van der Waals surface area contributed by atoms with E-state index in [0.29, 0.717) is 19.6 Å². The predicted octanol–water partition coefficient (Wildman–Crippen LogP) is 3.10. The van der Waals surface area contributed by atoms with Crippen LogP contribution in [0.1, 0.15) is 29.6 Å². The lowest BCUT2D eigenvalue weighted by atomic mass is 10.2. The molecular weight excluding hydrogens is 284 g/mol. The van der Waals surface area contributed by atoms with Crippen molar-refractivity contribution in [2.24, 2.45) is 0 Å². The Morgan fingerprint density at radius 2 is 2.10 bits per heavy atom. The summed E-state index contributed by atoms with van der Waals surface area (Å²) >= 11 is 1.59. The summed E-state index contributed by atoms with van der Waals surface area (Å²) in [6.45, 7) is 4.93. The third-order valence-electron chi connectivity index (χ3n) is 3.06. The lowest BCUT2D eigenvalue weighted by molar-refractivity contribution is -0.121. The van der Waals surface area contributed by atoms with Crippen LogP contribution < -0.4 is 10.1 Å². The summed E-state index contributed by atoms with van der Waals surface area (Å²) in [4.78, 5) is 16.0. The van der Waals surface area contributed by atoms with Gasteiger partial charge >= 0.3 is 0 Å². The highest BCUT2D eigenvalue weighted by atomic mass is 32.1. The Morgan fingerprint density at radius 3 is 2.71 bits per heavy atom. The zero-order valence-corrected chi connectivity index (χ0v) is 13.2. The van der Waals surface area contributed by atoms with Gasteiger partial charge in [-0.25, -0.2) is 4.98 Å².